The number of piperazine rings is 1. The van der Waals surface area contributed by atoms with Crippen molar-refractivity contribution in [3.8, 4) is 0 Å². The van der Waals surface area contributed by atoms with Crippen molar-refractivity contribution in [1.82, 2.24) is 9.80 Å². The van der Waals surface area contributed by atoms with Crippen molar-refractivity contribution in [2.24, 2.45) is 5.92 Å². The van der Waals surface area contributed by atoms with Crippen LogP contribution in [0.3, 0.4) is 0 Å². The van der Waals surface area contributed by atoms with E-state index in [9.17, 15) is 9.59 Å². The molecule has 2 amide bonds. The number of rotatable bonds is 0. The zero-order valence-corrected chi connectivity index (χ0v) is 10.1. The molecule has 0 radical (unpaired) electrons. The summed E-state index contributed by atoms with van der Waals surface area (Å²) in [6.07, 6.45) is 0.651. The first-order valence-electron chi connectivity index (χ1n) is 5.19. The van der Waals surface area contributed by atoms with Gasteiger partial charge in [0.05, 0.1) is 0 Å². The number of hydrogen-bond donors (Lipinski definition) is 1. The molecule has 2 aliphatic rings. The fourth-order valence-electron chi connectivity index (χ4n) is 2.45. The minimum absolute atomic E-state index is 0.0106. The second-order valence-electron chi connectivity index (χ2n) is 4.67. The molecule has 4 nitrogen and oxygen atoms in total. The molecule has 2 heterocycles. The number of carbonyl (C=O) groups is 2. The molecule has 84 valence electrons. The van der Waals surface area contributed by atoms with Crippen molar-refractivity contribution >= 4 is 24.4 Å². The maximum atomic E-state index is 12.1. The zero-order valence-electron chi connectivity index (χ0n) is 9.23. The molecule has 2 fully saturated rings. The number of thiol groups is 1. The summed E-state index contributed by atoms with van der Waals surface area (Å²) >= 11 is 4.43. The minimum Gasteiger partial charge on any atom is -0.331 e. The van der Waals surface area contributed by atoms with Gasteiger partial charge in [-0.3, -0.25) is 9.59 Å². The van der Waals surface area contributed by atoms with E-state index in [1.54, 1.807) is 18.9 Å². The van der Waals surface area contributed by atoms with Gasteiger partial charge in [0, 0.05) is 13.6 Å². The number of carbonyl (C=O) groups excluding carboxylic acids is 2. The Morgan fingerprint density at radius 2 is 2.00 bits per heavy atom. The molecule has 3 atom stereocenters. The number of fused-ring (bicyclic) bond motifs is 1. The first kappa shape index (κ1) is 10.8. The number of likely N-dealkylation sites (N-methyl/N-ethyl adjacent to an activating group) is 1. The van der Waals surface area contributed by atoms with E-state index >= 15 is 0 Å². The van der Waals surface area contributed by atoms with Gasteiger partial charge in [0.2, 0.25) is 5.91 Å². The molecule has 0 bridgehead atoms. The Kier molecular flexibility index (Phi) is 2.26. The highest BCUT2D eigenvalue weighted by atomic mass is 32.1. The highest BCUT2D eigenvalue weighted by molar-refractivity contribution is 7.82. The summed E-state index contributed by atoms with van der Waals surface area (Å²) in [5.41, 5.74) is 0. The molecule has 2 saturated heterocycles. The lowest BCUT2D eigenvalue weighted by molar-refractivity contribution is -0.158. The molecule has 2 aliphatic heterocycles. The Morgan fingerprint density at radius 3 is 2.60 bits per heavy atom. The summed E-state index contributed by atoms with van der Waals surface area (Å²) in [7, 11) is 1.67. The van der Waals surface area contributed by atoms with Crippen molar-refractivity contribution in [3.63, 3.8) is 0 Å². The monoisotopic (exact) mass is 228 g/mol. The van der Waals surface area contributed by atoms with E-state index in [0.717, 1.165) is 0 Å². The minimum atomic E-state index is -0.891. The summed E-state index contributed by atoms with van der Waals surface area (Å²) in [6.45, 7) is 4.45. The van der Waals surface area contributed by atoms with Gasteiger partial charge in [-0.15, -0.1) is 12.6 Å². The second kappa shape index (κ2) is 3.14. The molecule has 0 aromatic carbocycles. The molecule has 0 aromatic heterocycles. The van der Waals surface area contributed by atoms with Crippen molar-refractivity contribution in [2.75, 3.05) is 13.6 Å². The first-order chi connectivity index (χ1) is 6.88. The molecule has 0 spiro atoms. The predicted molar refractivity (Wildman–Crippen MR) is 59.4 cm³/mol. The number of amides is 2. The third-order valence-electron chi connectivity index (χ3n) is 3.44. The molecule has 0 aliphatic carbocycles. The average molecular weight is 228 g/mol. The Labute approximate surface area is 95.0 Å². The molecule has 0 N–H and O–H groups in total. The topological polar surface area (TPSA) is 40.6 Å². The van der Waals surface area contributed by atoms with Crippen LogP contribution in [0.1, 0.15) is 20.3 Å². The highest BCUT2D eigenvalue weighted by Gasteiger charge is 2.56. The molecule has 5 heteroatoms. The van der Waals surface area contributed by atoms with Gasteiger partial charge in [-0.2, -0.15) is 0 Å². The van der Waals surface area contributed by atoms with Gasteiger partial charge in [-0.1, -0.05) is 6.92 Å². The molecular formula is C10H16N2O2S. The van der Waals surface area contributed by atoms with Crippen LogP contribution in [0, 0.1) is 5.92 Å². The van der Waals surface area contributed by atoms with Crippen molar-refractivity contribution in [1.29, 1.82) is 0 Å². The normalized spacial score (nSPS) is 41.1. The predicted octanol–water partition coefficient (Wildman–Crippen LogP) is 0.341. The highest BCUT2D eigenvalue weighted by Crippen LogP contribution is 2.41. The van der Waals surface area contributed by atoms with Crippen LogP contribution in [0.15, 0.2) is 0 Å². The Morgan fingerprint density at radius 1 is 1.40 bits per heavy atom. The van der Waals surface area contributed by atoms with Gasteiger partial charge in [0.1, 0.15) is 6.04 Å². The SMILES string of the molecule is CC1CN2C(=O)C(C)N(C)C(=O)[C@]2(S)C1. The summed E-state index contributed by atoms with van der Waals surface area (Å²) in [6, 6.07) is -0.358. The van der Waals surface area contributed by atoms with Crippen LogP contribution in [0.5, 0.6) is 0 Å². The lowest BCUT2D eigenvalue weighted by Gasteiger charge is -2.44. The van der Waals surface area contributed by atoms with Crippen molar-refractivity contribution in [2.45, 2.75) is 31.2 Å². The van der Waals surface area contributed by atoms with E-state index in [-0.39, 0.29) is 17.9 Å². The Hall–Kier alpha value is -0.710. The summed E-state index contributed by atoms with van der Waals surface area (Å²) < 4.78 is 0. The summed E-state index contributed by atoms with van der Waals surface area (Å²) in [5, 5.41) is 0. The summed E-state index contributed by atoms with van der Waals surface area (Å²) in [5.74, 6) is 0.299. The maximum Gasteiger partial charge on any atom is 0.259 e. The Balaban J connectivity index is 2.41. The lowest BCUT2D eigenvalue weighted by Crippen LogP contribution is -2.65. The average Bonchev–Trinajstić information content (AvgIpc) is 2.49. The Bertz CT molecular complexity index is 333. The van der Waals surface area contributed by atoms with Gasteiger partial charge in [0.25, 0.3) is 5.91 Å². The lowest BCUT2D eigenvalue weighted by atomic mass is 10.0. The summed E-state index contributed by atoms with van der Waals surface area (Å²) in [4.78, 5) is 26.3. The van der Waals surface area contributed by atoms with Gasteiger partial charge in [-0.25, -0.2) is 0 Å². The van der Waals surface area contributed by atoms with Gasteiger partial charge in [-0.05, 0) is 19.3 Å². The van der Waals surface area contributed by atoms with Crippen LogP contribution in [0.25, 0.3) is 0 Å². The van der Waals surface area contributed by atoms with Crippen LogP contribution in [-0.4, -0.2) is 46.1 Å². The van der Waals surface area contributed by atoms with Gasteiger partial charge < -0.3 is 9.80 Å². The van der Waals surface area contributed by atoms with Crippen molar-refractivity contribution in [3.05, 3.63) is 0 Å². The van der Waals surface area contributed by atoms with Crippen LogP contribution < -0.4 is 0 Å². The van der Waals surface area contributed by atoms with Crippen LogP contribution >= 0.6 is 12.6 Å². The molecule has 15 heavy (non-hydrogen) atoms. The van der Waals surface area contributed by atoms with E-state index in [0.29, 0.717) is 18.9 Å². The smallest absolute Gasteiger partial charge is 0.259 e. The molecule has 2 unspecified atom stereocenters. The van der Waals surface area contributed by atoms with E-state index in [2.05, 4.69) is 12.6 Å². The quantitative estimate of drug-likeness (QED) is 0.607. The second-order valence-corrected chi connectivity index (χ2v) is 5.41. The van der Waals surface area contributed by atoms with E-state index in [1.165, 1.54) is 4.90 Å². The molecule has 2 rings (SSSR count). The fourth-order valence-corrected chi connectivity index (χ4v) is 3.10. The third-order valence-corrected chi connectivity index (χ3v) is 4.06. The number of nitrogens with zero attached hydrogens (tertiary/aromatic N) is 2. The van der Waals surface area contributed by atoms with Gasteiger partial charge in [0.15, 0.2) is 4.87 Å². The van der Waals surface area contributed by atoms with Gasteiger partial charge >= 0.3 is 0 Å². The van der Waals surface area contributed by atoms with Crippen LogP contribution in [-0.2, 0) is 9.59 Å². The standard InChI is InChI=1S/C10H16N2O2S/c1-6-4-10(15)9(14)11(3)7(2)8(13)12(10)5-6/h6-7,15H,4-5H2,1-3H3/t6?,7?,10-/m1/s1. The van der Waals surface area contributed by atoms with E-state index in [1.807, 2.05) is 6.92 Å². The van der Waals surface area contributed by atoms with Crippen molar-refractivity contribution < 1.29 is 9.59 Å². The largest absolute Gasteiger partial charge is 0.331 e. The molecule has 0 saturated carbocycles. The first-order valence-corrected chi connectivity index (χ1v) is 5.63. The molecular weight excluding hydrogens is 212 g/mol. The number of hydrogen-bond acceptors (Lipinski definition) is 3. The third kappa shape index (κ3) is 1.29. The van der Waals surface area contributed by atoms with E-state index < -0.39 is 4.87 Å². The van der Waals surface area contributed by atoms with E-state index in [4.69, 9.17) is 0 Å². The zero-order chi connectivity index (χ0) is 11.4. The fraction of sp³-hybridized carbons (Fsp3) is 0.800. The van der Waals surface area contributed by atoms with Crippen LogP contribution in [0.4, 0.5) is 0 Å². The molecule has 0 aromatic rings. The van der Waals surface area contributed by atoms with Crippen LogP contribution in [0.2, 0.25) is 0 Å². The maximum absolute atomic E-state index is 12.1.